The van der Waals surface area contributed by atoms with Crippen molar-refractivity contribution in [3.8, 4) is 5.69 Å². The zero-order valence-corrected chi connectivity index (χ0v) is 11.4. The molecule has 17 heavy (non-hydrogen) atoms. The Morgan fingerprint density at radius 2 is 2.06 bits per heavy atom. The van der Waals surface area contributed by atoms with E-state index in [0.717, 1.165) is 23.1 Å². The van der Waals surface area contributed by atoms with Gasteiger partial charge >= 0.3 is 0 Å². The van der Waals surface area contributed by atoms with Crippen LogP contribution in [0.4, 0.5) is 0 Å². The number of rotatable bonds is 4. The third kappa shape index (κ3) is 2.86. The molecule has 0 aliphatic rings. The van der Waals surface area contributed by atoms with E-state index >= 15 is 0 Å². The highest BCUT2D eigenvalue weighted by Crippen LogP contribution is 2.18. The molecule has 0 N–H and O–H groups in total. The van der Waals surface area contributed by atoms with Crippen LogP contribution < -0.4 is 0 Å². The van der Waals surface area contributed by atoms with Gasteiger partial charge in [-0.2, -0.15) is 5.10 Å². The molecule has 2 nitrogen and oxygen atoms in total. The lowest BCUT2D eigenvalue weighted by Crippen LogP contribution is -2.00. The van der Waals surface area contributed by atoms with Crippen LogP contribution in [-0.4, -0.2) is 15.1 Å². The molecule has 0 saturated heterocycles. The minimum atomic E-state index is 0.990. The Balaban J connectivity index is 2.35. The summed E-state index contributed by atoms with van der Waals surface area (Å²) >= 11 is 3.44. The zero-order valence-electron chi connectivity index (χ0n) is 9.81. The summed E-state index contributed by atoms with van der Waals surface area (Å²) in [7, 11) is 0. The molecule has 0 saturated carbocycles. The molecule has 0 bridgehead atoms. The molecule has 1 heterocycles. The van der Waals surface area contributed by atoms with Gasteiger partial charge in [0.1, 0.15) is 0 Å². The summed E-state index contributed by atoms with van der Waals surface area (Å²) in [6.07, 6.45) is 5.10. The van der Waals surface area contributed by atoms with Crippen LogP contribution in [0.15, 0.2) is 48.7 Å². The maximum atomic E-state index is 4.38. The molecule has 3 heteroatoms. The highest BCUT2D eigenvalue weighted by molar-refractivity contribution is 9.09. The molecule has 88 valence electrons. The first-order chi connectivity index (χ1) is 8.33. The number of hydrogen-bond donors (Lipinski definition) is 0. The van der Waals surface area contributed by atoms with Gasteiger partial charge in [0.05, 0.1) is 17.6 Å². The summed E-state index contributed by atoms with van der Waals surface area (Å²) in [5, 5.41) is 5.37. The lowest BCUT2D eigenvalue weighted by atomic mass is 10.2. The van der Waals surface area contributed by atoms with Gasteiger partial charge in [-0.3, -0.25) is 0 Å². The average Bonchev–Trinajstić information content (AvgIpc) is 2.86. The molecule has 1 aromatic carbocycles. The van der Waals surface area contributed by atoms with Gasteiger partial charge in [0.2, 0.25) is 0 Å². The lowest BCUT2D eigenvalue weighted by molar-refractivity contribution is 0.865. The van der Waals surface area contributed by atoms with E-state index in [4.69, 9.17) is 0 Å². The number of aromatic nitrogens is 2. The van der Waals surface area contributed by atoms with Crippen LogP contribution in [-0.2, 0) is 0 Å². The maximum absolute atomic E-state index is 4.38. The van der Waals surface area contributed by atoms with E-state index in [0.29, 0.717) is 0 Å². The van der Waals surface area contributed by atoms with Crippen molar-refractivity contribution in [2.24, 2.45) is 0 Å². The van der Waals surface area contributed by atoms with Crippen molar-refractivity contribution >= 4 is 21.5 Å². The number of para-hydroxylation sites is 1. The second kappa shape index (κ2) is 5.82. The van der Waals surface area contributed by atoms with Crippen LogP contribution in [0.1, 0.15) is 19.0 Å². The lowest BCUT2D eigenvalue weighted by Gasteiger charge is -2.07. The standard InChI is InChI=1S/C14H15BrN2/c1-12(6-5-10-15)14-9-11-16-17(14)13-7-3-2-4-8-13/h2-4,6-9,11H,5,10H2,1H3/b12-6-. The molecule has 0 aliphatic heterocycles. The minimum Gasteiger partial charge on any atom is -0.233 e. The smallest absolute Gasteiger partial charge is 0.0694 e. The molecular formula is C14H15BrN2. The number of halogens is 1. The molecule has 0 spiro atoms. The Morgan fingerprint density at radius 3 is 2.76 bits per heavy atom. The molecule has 2 rings (SSSR count). The van der Waals surface area contributed by atoms with Gasteiger partial charge in [-0.25, -0.2) is 4.68 Å². The number of alkyl halides is 1. The highest BCUT2D eigenvalue weighted by atomic mass is 79.9. The Kier molecular flexibility index (Phi) is 4.15. The zero-order chi connectivity index (χ0) is 12.1. The van der Waals surface area contributed by atoms with Crippen LogP contribution in [0.5, 0.6) is 0 Å². The molecule has 0 fully saturated rings. The van der Waals surface area contributed by atoms with E-state index in [1.165, 1.54) is 5.57 Å². The normalized spacial score (nSPS) is 11.8. The van der Waals surface area contributed by atoms with Crippen LogP contribution in [0.2, 0.25) is 0 Å². The molecule has 0 radical (unpaired) electrons. The molecule has 0 amide bonds. The molecule has 0 unspecified atom stereocenters. The second-order valence-electron chi connectivity index (χ2n) is 3.83. The molecule has 2 aromatic rings. The van der Waals surface area contributed by atoms with E-state index in [2.05, 4.69) is 46.2 Å². The Bertz CT molecular complexity index is 500. The monoisotopic (exact) mass is 290 g/mol. The van der Waals surface area contributed by atoms with E-state index in [1.54, 1.807) is 0 Å². The number of allylic oxidation sites excluding steroid dienone is 2. The quantitative estimate of drug-likeness (QED) is 0.777. The van der Waals surface area contributed by atoms with E-state index in [-0.39, 0.29) is 0 Å². The summed E-state index contributed by atoms with van der Waals surface area (Å²) in [6.45, 7) is 2.12. The van der Waals surface area contributed by atoms with Crippen LogP contribution in [0.3, 0.4) is 0 Å². The molecule has 0 atom stereocenters. The van der Waals surface area contributed by atoms with Crippen LogP contribution in [0.25, 0.3) is 11.3 Å². The van der Waals surface area contributed by atoms with Gasteiger partial charge in [0.25, 0.3) is 0 Å². The summed E-state index contributed by atoms with van der Waals surface area (Å²) in [5.41, 5.74) is 3.50. The largest absolute Gasteiger partial charge is 0.233 e. The van der Waals surface area contributed by atoms with Crippen molar-refractivity contribution in [2.75, 3.05) is 5.33 Å². The van der Waals surface area contributed by atoms with Crippen molar-refractivity contribution in [1.82, 2.24) is 9.78 Å². The molecular weight excluding hydrogens is 276 g/mol. The fourth-order valence-corrected chi connectivity index (χ4v) is 1.98. The fraction of sp³-hybridized carbons (Fsp3) is 0.214. The molecule has 1 aromatic heterocycles. The van der Waals surface area contributed by atoms with Gasteiger partial charge in [-0.05, 0) is 37.1 Å². The van der Waals surface area contributed by atoms with Crippen molar-refractivity contribution < 1.29 is 0 Å². The van der Waals surface area contributed by atoms with E-state index < -0.39 is 0 Å². The highest BCUT2D eigenvalue weighted by Gasteiger charge is 2.05. The third-order valence-corrected chi connectivity index (χ3v) is 3.06. The van der Waals surface area contributed by atoms with Crippen molar-refractivity contribution in [2.45, 2.75) is 13.3 Å². The van der Waals surface area contributed by atoms with Crippen molar-refractivity contribution in [3.63, 3.8) is 0 Å². The summed E-state index contributed by atoms with van der Waals surface area (Å²) < 4.78 is 1.97. The summed E-state index contributed by atoms with van der Waals surface area (Å²) in [5.74, 6) is 0. The van der Waals surface area contributed by atoms with Gasteiger partial charge in [0.15, 0.2) is 0 Å². The predicted octanol–water partition coefficient (Wildman–Crippen LogP) is 4.06. The fourth-order valence-electron chi connectivity index (χ4n) is 1.75. The van der Waals surface area contributed by atoms with E-state index in [1.807, 2.05) is 35.1 Å². The first kappa shape index (κ1) is 12.1. The first-order valence-corrected chi connectivity index (χ1v) is 6.77. The number of hydrogen-bond acceptors (Lipinski definition) is 1. The first-order valence-electron chi connectivity index (χ1n) is 5.65. The van der Waals surface area contributed by atoms with Gasteiger partial charge in [-0.1, -0.05) is 40.2 Å². The SMILES string of the molecule is C/C(=C/CCBr)c1ccnn1-c1ccccc1. The number of benzene rings is 1. The second-order valence-corrected chi connectivity index (χ2v) is 4.62. The van der Waals surface area contributed by atoms with E-state index in [9.17, 15) is 0 Å². The minimum absolute atomic E-state index is 0.990. The third-order valence-electron chi connectivity index (χ3n) is 2.61. The van der Waals surface area contributed by atoms with Gasteiger partial charge < -0.3 is 0 Å². The van der Waals surface area contributed by atoms with Crippen LogP contribution in [0, 0.1) is 0 Å². The Morgan fingerprint density at radius 1 is 1.29 bits per heavy atom. The Hall–Kier alpha value is -1.35. The topological polar surface area (TPSA) is 17.8 Å². The van der Waals surface area contributed by atoms with Crippen LogP contribution >= 0.6 is 15.9 Å². The van der Waals surface area contributed by atoms with Gasteiger partial charge in [0, 0.05) is 5.33 Å². The van der Waals surface area contributed by atoms with Crippen molar-refractivity contribution in [1.29, 1.82) is 0 Å². The summed E-state index contributed by atoms with van der Waals surface area (Å²) in [6, 6.07) is 12.2. The Labute approximate surface area is 110 Å². The van der Waals surface area contributed by atoms with Crippen molar-refractivity contribution in [3.05, 3.63) is 54.4 Å². The molecule has 0 aliphatic carbocycles. The summed E-state index contributed by atoms with van der Waals surface area (Å²) in [4.78, 5) is 0. The number of nitrogens with zero attached hydrogens (tertiary/aromatic N) is 2. The predicted molar refractivity (Wildman–Crippen MR) is 75.6 cm³/mol. The maximum Gasteiger partial charge on any atom is 0.0694 e. The van der Waals surface area contributed by atoms with Gasteiger partial charge in [-0.15, -0.1) is 0 Å². The average molecular weight is 291 g/mol.